The van der Waals surface area contributed by atoms with Crippen molar-refractivity contribution in [3.8, 4) is 11.3 Å². The summed E-state index contributed by atoms with van der Waals surface area (Å²) in [6, 6.07) is 3.02. The fraction of sp³-hybridized carbons (Fsp3) is 0.455. The number of ketones is 1. The van der Waals surface area contributed by atoms with Gasteiger partial charge >= 0.3 is 6.03 Å². The number of hydrogen-bond donors (Lipinski definition) is 1. The average Bonchev–Trinajstić information content (AvgIpc) is 3.13. The minimum Gasteiger partial charge on any atom is -0.350 e. The molecule has 0 radical (unpaired) electrons. The van der Waals surface area contributed by atoms with Gasteiger partial charge in [0.25, 0.3) is 5.91 Å². The van der Waals surface area contributed by atoms with E-state index >= 15 is 0 Å². The fourth-order valence-corrected chi connectivity index (χ4v) is 4.58. The van der Waals surface area contributed by atoms with Crippen molar-refractivity contribution < 1.29 is 23.2 Å². The lowest BCUT2D eigenvalue weighted by molar-refractivity contribution is -0.135. The number of alkyl halides is 2. The normalized spacial score (nSPS) is 19.7. The number of imide groups is 1. The minimum absolute atomic E-state index is 0.135. The number of aromatic nitrogens is 2. The van der Waals surface area contributed by atoms with Crippen LogP contribution in [0.2, 0.25) is 0 Å². The maximum absolute atomic E-state index is 13.5. The second-order valence-corrected chi connectivity index (χ2v) is 8.45. The summed E-state index contributed by atoms with van der Waals surface area (Å²) in [6.45, 7) is 3.26. The van der Waals surface area contributed by atoms with Crippen LogP contribution in [0.5, 0.6) is 0 Å². The molecule has 3 amide bonds. The quantitative estimate of drug-likeness (QED) is 0.595. The number of carbonyl (C=O) groups is 3. The molecule has 1 saturated heterocycles. The Labute approximate surface area is 178 Å². The van der Waals surface area contributed by atoms with E-state index in [1.54, 1.807) is 12.4 Å². The Morgan fingerprint density at radius 2 is 1.87 bits per heavy atom. The Morgan fingerprint density at radius 3 is 2.52 bits per heavy atom. The van der Waals surface area contributed by atoms with Gasteiger partial charge in [-0.2, -0.15) is 0 Å². The van der Waals surface area contributed by atoms with Crippen molar-refractivity contribution in [2.45, 2.75) is 51.0 Å². The van der Waals surface area contributed by atoms with E-state index in [4.69, 9.17) is 0 Å². The highest BCUT2D eigenvalue weighted by Crippen LogP contribution is 2.41. The summed E-state index contributed by atoms with van der Waals surface area (Å²) in [5, 5.41) is 2.57. The largest absolute Gasteiger partial charge is 0.350 e. The number of carbonyl (C=O) groups excluding carboxylic acids is 3. The SMILES string of the molecule is Cc1ncccc1-c1c(C)c(C(=O)CN2C(=O)NC3(CCC(F)(F)CC3)C2=O)cn1C. The number of hydrogen-bond acceptors (Lipinski definition) is 4. The van der Waals surface area contributed by atoms with E-state index in [2.05, 4.69) is 10.3 Å². The molecule has 1 N–H and O–H groups in total. The predicted octanol–water partition coefficient (Wildman–Crippen LogP) is 3.39. The number of Topliss-reactive ketones (excluding diaryl/α,β-unsaturated/α-hetero) is 1. The van der Waals surface area contributed by atoms with Gasteiger partial charge in [0.2, 0.25) is 5.92 Å². The van der Waals surface area contributed by atoms with Crippen molar-refractivity contribution in [2.24, 2.45) is 7.05 Å². The van der Waals surface area contributed by atoms with Crippen molar-refractivity contribution in [1.29, 1.82) is 0 Å². The van der Waals surface area contributed by atoms with E-state index in [0.717, 1.165) is 27.4 Å². The van der Waals surface area contributed by atoms with Crippen molar-refractivity contribution >= 4 is 17.7 Å². The zero-order valence-electron chi connectivity index (χ0n) is 17.7. The monoisotopic (exact) mass is 430 g/mol. The molecule has 0 atom stereocenters. The van der Waals surface area contributed by atoms with Crippen molar-refractivity contribution in [3.05, 3.63) is 41.3 Å². The molecule has 0 unspecified atom stereocenters. The van der Waals surface area contributed by atoms with Gasteiger partial charge in [-0.15, -0.1) is 0 Å². The predicted molar refractivity (Wildman–Crippen MR) is 109 cm³/mol. The molecule has 0 bridgehead atoms. The molecule has 1 aliphatic carbocycles. The van der Waals surface area contributed by atoms with Gasteiger partial charge < -0.3 is 9.88 Å². The molecule has 0 aromatic carbocycles. The van der Waals surface area contributed by atoms with Crippen LogP contribution in [0.3, 0.4) is 0 Å². The summed E-state index contributed by atoms with van der Waals surface area (Å²) in [5.74, 6) is -3.82. The first kappa shape index (κ1) is 21.1. The molecule has 1 aliphatic heterocycles. The summed E-state index contributed by atoms with van der Waals surface area (Å²) in [7, 11) is 1.82. The Morgan fingerprint density at radius 1 is 1.19 bits per heavy atom. The molecular weight excluding hydrogens is 406 g/mol. The average molecular weight is 430 g/mol. The Bertz CT molecular complexity index is 1080. The molecule has 1 saturated carbocycles. The number of aryl methyl sites for hydroxylation is 2. The summed E-state index contributed by atoms with van der Waals surface area (Å²) < 4.78 is 28.9. The van der Waals surface area contributed by atoms with Gasteiger partial charge in [-0.25, -0.2) is 13.6 Å². The molecular formula is C22H24F2N4O3. The van der Waals surface area contributed by atoms with Crippen LogP contribution in [0.1, 0.15) is 47.3 Å². The van der Waals surface area contributed by atoms with Crippen LogP contribution in [-0.2, 0) is 11.8 Å². The van der Waals surface area contributed by atoms with E-state index in [9.17, 15) is 23.2 Å². The molecule has 1 spiro atoms. The number of amides is 3. The zero-order valence-corrected chi connectivity index (χ0v) is 17.7. The van der Waals surface area contributed by atoms with Gasteiger partial charge in [0, 0.05) is 49.1 Å². The molecule has 4 rings (SSSR count). The van der Waals surface area contributed by atoms with Crippen LogP contribution in [-0.4, -0.2) is 50.2 Å². The van der Waals surface area contributed by atoms with Crippen LogP contribution >= 0.6 is 0 Å². The number of rotatable bonds is 4. The zero-order chi connectivity index (χ0) is 22.6. The van der Waals surface area contributed by atoms with Gasteiger partial charge in [-0.1, -0.05) is 0 Å². The Hall–Kier alpha value is -3.10. The van der Waals surface area contributed by atoms with Crippen LogP contribution in [0.15, 0.2) is 24.5 Å². The van der Waals surface area contributed by atoms with Crippen LogP contribution in [0.25, 0.3) is 11.3 Å². The summed E-state index contributed by atoms with van der Waals surface area (Å²) >= 11 is 0. The van der Waals surface area contributed by atoms with E-state index in [1.165, 1.54) is 0 Å². The number of nitrogens with one attached hydrogen (secondary N) is 1. The molecule has 7 nitrogen and oxygen atoms in total. The van der Waals surface area contributed by atoms with E-state index in [-0.39, 0.29) is 18.6 Å². The number of pyridine rings is 1. The Kier molecular flexibility index (Phi) is 4.94. The maximum Gasteiger partial charge on any atom is 0.325 e. The van der Waals surface area contributed by atoms with Crippen LogP contribution in [0, 0.1) is 13.8 Å². The highest BCUT2D eigenvalue weighted by Gasteiger charge is 2.55. The van der Waals surface area contributed by atoms with Gasteiger partial charge in [0.05, 0.1) is 12.2 Å². The second-order valence-electron chi connectivity index (χ2n) is 8.45. The lowest BCUT2D eigenvalue weighted by Gasteiger charge is -2.34. The third-order valence-corrected chi connectivity index (χ3v) is 6.38. The van der Waals surface area contributed by atoms with E-state index in [0.29, 0.717) is 5.56 Å². The fourth-order valence-electron chi connectivity index (χ4n) is 4.58. The van der Waals surface area contributed by atoms with E-state index in [1.807, 2.05) is 37.6 Å². The minimum atomic E-state index is -2.83. The second kappa shape index (κ2) is 7.25. The first-order valence-electron chi connectivity index (χ1n) is 10.2. The summed E-state index contributed by atoms with van der Waals surface area (Å²) in [5.41, 5.74) is 2.33. The first-order chi connectivity index (χ1) is 14.5. The van der Waals surface area contributed by atoms with Gasteiger partial charge in [-0.3, -0.25) is 19.5 Å². The third kappa shape index (κ3) is 3.51. The lowest BCUT2D eigenvalue weighted by atomic mass is 9.80. The highest BCUT2D eigenvalue weighted by atomic mass is 19.3. The topological polar surface area (TPSA) is 84.3 Å². The van der Waals surface area contributed by atoms with Crippen molar-refractivity contribution in [1.82, 2.24) is 19.8 Å². The number of urea groups is 1. The molecule has 2 aliphatic rings. The molecule has 2 aromatic heterocycles. The lowest BCUT2D eigenvalue weighted by Crippen LogP contribution is -2.51. The maximum atomic E-state index is 13.5. The van der Waals surface area contributed by atoms with Crippen molar-refractivity contribution in [2.75, 3.05) is 6.54 Å². The molecule has 3 heterocycles. The molecule has 31 heavy (non-hydrogen) atoms. The molecule has 164 valence electrons. The molecule has 2 fully saturated rings. The summed E-state index contributed by atoms with van der Waals surface area (Å²) in [4.78, 5) is 43.6. The third-order valence-electron chi connectivity index (χ3n) is 6.38. The van der Waals surface area contributed by atoms with E-state index < -0.39 is 42.8 Å². The molecule has 9 heteroatoms. The molecule has 2 aromatic rings. The first-order valence-corrected chi connectivity index (χ1v) is 10.2. The standard InChI is InChI=1S/C22H24F2N4O3/c1-13-16(11-27(3)18(13)15-5-4-10-25-14(15)2)17(29)12-28-19(30)21(26-20(28)31)6-8-22(23,24)9-7-21/h4-5,10-11H,6-9,12H2,1-3H3,(H,26,31). The van der Waals surface area contributed by atoms with Crippen LogP contribution < -0.4 is 5.32 Å². The van der Waals surface area contributed by atoms with Gasteiger partial charge in [0.15, 0.2) is 5.78 Å². The van der Waals surface area contributed by atoms with Crippen LogP contribution in [0.4, 0.5) is 13.6 Å². The van der Waals surface area contributed by atoms with Crippen molar-refractivity contribution in [3.63, 3.8) is 0 Å². The van der Waals surface area contributed by atoms with Gasteiger partial charge in [0.1, 0.15) is 5.54 Å². The summed E-state index contributed by atoms with van der Waals surface area (Å²) in [6.07, 6.45) is 2.17. The number of halogens is 2. The smallest absolute Gasteiger partial charge is 0.325 e. The van der Waals surface area contributed by atoms with Gasteiger partial charge in [-0.05, 0) is 44.4 Å². The highest BCUT2D eigenvalue weighted by molar-refractivity contribution is 6.11. The Balaban J connectivity index is 1.57. The number of nitrogens with zero attached hydrogens (tertiary/aromatic N) is 3.